The highest BCUT2D eigenvalue weighted by molar-refractivity contribution is 9.10. The lowest BCUT2D eigenvalue weighted by Crippen LogP contribution is -2.01. The van der Waals surface area contributed by atoms with Gasteiger partial charge in [0.2, 0.25) is 0 Å². The van der Waals surface area contributed by atoms with Crippen molar-refractivity contribution in [2.45, 2.75) is 18.9 Å². The Balaban J connectivity index is 2.19. The maximum absolute atomic E-state index is 12.9. The number of hydrogen-bond acceptors (Lipinski definition) is 2. The Morgan fingerprint density at radius 3 is 2.38 bits per heavy atom. The zero-order valence-corrected chi connectivity index (χ0v) is 14.7. The standard InChI is InChI=1S/C16H15Br2FO2/c1-2-20-15-8-12(9-17)7-14(18)16(15)21-10-11-3-5-13(19)6-4-11/h3-8H,2,9-10H2,1H3. The maximum atomic E-state index is 12.9. The molecule has 0 spiro atoms. The first-order valence-corrected chi connectivity index (χ1v) is 8.44. The van der Waals surface area contributed by atoms with E-state index in [2.05, 4.69) is 31.9 Å². The molecule has 0 aromatic heterocycles. The number of alkyl halides is 1. The average molecular weight is 418 g/mol. The quantitative estimate of drug-likeness (QED) is 0.581. The van der Waals surface area contributed by atoms with Crippen molar-refractivity contribution in [2.75, 3.05) is 6.61 Å². The van der Waals surface area contributed by atoms with E-state index in [1.165, 1.54) is 12.1 Å². The van der Waals surface area contributed by atoms with Crippen LogP contribution in [0.25, 0.3) is 0 Å². The van der Waals surface area contributed by atoms with E-state index in [1.807, 2.05) is 19.1 Å². The zero-order chi connectivity index (χ0) is 15.2. The number of rotatable bonds is 6. The van der Waals surface area contributed by atoms with Gasteiger partial charge in [0.15, 0.2) is 11.5 Å². The molecule has 0 aliphatic carbocycles. The molecule has 112 valence electrons. The molecule has 5 heteroatoms. The van der Waals surface area contributed by atoms with Crippen LogP contribution in [0.1, 0.15) is 18.1 Å². The second-order valence-corrected chi connectivity index (χ2v) is 5.80. The van der Waals surface area contributed by atoms with Gasteiger partial charge in [-0.15, -0.1) is 0 Å². The molecule has 2 aromatic carbocycles. The predicted octanol–water partition coefficient (Wildman–Crippen LogP) is 5.46. The number of hydrogen-bond donors (Lipinski definition) is 0. The molecule has 0 atom stereocenters. The average Bonchev–Trinajstić information content (AvgIpc) is 2.48. The van der Waals surface area contributed by atoms with Crippen molar-refractivity contribution in [1.29, 1.82) is 0 Å². The van der Waals surface area contributed by atoms with Crippen LogP contribution in [0.4, 0.5) is 4.39 Å². The van der Waals surface area contributed by atoms with Crippen molar-refractivity contribution in [1.82, 2.24) is 0 Å². The number of halogens is 3. The first kappa shape index (κ1) is 16.3. The molecule has 0 unspecified atom stereocenters. The van der Waals surface area contributed by atoms with Crippen molar-refractivity contribution >= 4 is 31.9 Å². The van der Waals surface area contributed by atoms with E-state index in [0.717, 1.165) is 20.9 Å². The second kappa shape index (κ2) is 7.80. The third kappa shape index (κ3) is 4.45. The summed E-state index contributed by atoms with van der Waals surface area (Å²) in [7, 11) is 0. The van der Waals surface area contributed by atoms with Crippen LogP contribution in [0.3, 0.4) is 0 Å². The van der Waals surface area contributed by atoms with Crippen molar-refractivity contribution in [2.24, 2.45) is 0 Å². The lowest BCUT2D eigenvalue weighted by molar-refractivity contribution is 0.267. The van der Waals surface area contributed by atoms with E-state index in [-0.39, 0.29) is 5.82 Å². The predicted molar refractivity (Wildman–Crippen MR) is 88.7 cm³/mol. The van der Waals surface area contributed by atoms with Crippen molar-refractivity contribution in [3.8, 4) is 11.5 Å². The van der Waals surface area contributed by atoms with Crippen molar-refractivity contribution in [3.05, 3.63) is 57.8 Å². The van der Waals surface area contributed by atoms with Gasteiger partial charge in [0, 0.05) is 5.33 Å². The molecule has 0 aliphatic heterocycles. The van der Waals surface area contributed by atoms with Crippen LogP contribution >= 0.6 is 31.9 Å². The molecule has 2 rings (SSSR count). The molecule has 2 nitrogen and oxygen atoms in total. The zero-order valence-electron chi connectivity index (χ0n) is 11.5. The normalized spacial score (nSPS) is 10.5. The Hall–Kier alpha value is -1.07. The molecule has 0 saturated carbocycles. The van der Waals surface area contributed by atoms with Gasteiger partial charge in [0.05, 0.1) is 11.1 Å². The largest absolute Gasteiger partial charge is 0.490 e. The summed E-state index contributed by atoms with van der Waals surface area (Å²) in [5, 5.41) is 0.740. The lowest BCUT2D eigenvalue weighted by Gasteiger charge is -2.15. The van der Waals surface area contributed by atoms with Crippen LogP contribution in [-0.2, 0) is 11.9 Å². The summed E-state index contributed by atoms with van der Waals surface area (Å²) in [6.45, 7) is 2.84. The summed E-state index contributed by atoms with van der Waals surface area (Å²) in [5.41, 5.74) is 2.00. The molecule has 21 heavy (non-hydrogen) atoms. The molecule has 0 aliphatic rings. The number of benzene rings is 2. The minimum atomic E-state index is -0.253. The first-order chi connectivity index (χ1) is 10.1. The van der Waals surface area contributed by atoms with E-state index < -0.39 is 0 Å². The molecule has 2 aromatic rings. The topological polar surface area (TPSA) is 18.5 Å². The highest BCUT2D eigenvalue weighted by Gasteiger charge is 2.12. The fourth-order valence-electron chi connectivity index (χ4n) is 1.84. The molecular weight excluding hydrogens is 403 g/mol. The van der Waals surface area contributed by atoms with Crippen LogP contribution in [0.2, 0.25) is 0 Å². The molecule has 0 heterocycles. The fraction of sp³-hybridized carbons (Fsp3) is 0.250. The Morgan fingerprint density at radius 2 is 1.76 bits per heavy atom. The summed E-state index contributed by atoms with van der Waals surface area (Å²) in [6.07, 6.45) is 0. The van der Waals surface area contributed by atoms with E-state index in [0.29, 0.717) is 24.7 Å². The minimum absolute atomic E-state index is 0.253. The highest BCUT2D eigenvalue weighted by Crippen LogP contribution is 2.38. The van der Waals surface area contributed by atoms with Crippen LogP contribution in [0.15, 0.2) is 40.9 Å². The highest BCUT2D eigenvalue weighted by atomic mass is 79.9. The Kier molecular flexibility index (Phi) is 6.06. The lowest BCUT2D eigenvalue weighted by atomic mass is 10.2. The van der Waals surface area contributed by atoms with Crippen LogP contribution < -0.4 is 9.47 Å². The number of ether oxygens (including phenoxy) is 2. The molecule has 0 N–H and O–H groups in total. The maximum Gasteiger partial charge on any atom is 0.175 e. The molecule has 0 fully saturated rings. The Labute approximate surface area is 140 Å². The van der Waals surface area contributed by atoms with E-state index in [1.54, 1.807) is 12.1 Å². The summed E-state index contributed by atoms with van der Waals surface area (Å²) in [6, 6.07) is 10.2. The van der Waals surface area contributed by atoms with Gasteiger partial charge in [-0.05, 0) is 58.2 Å². The smallest absolute Gasteiger partial charge is 0.175 e. The molecule has 0 saturated heterocycles. The summed E-state index contributed by atoms with van der Waals surface area (Å²) >= 11 is 6.94. The first-order valence-electron chi connectivity index (χ1n) is 6.52. The van der Waals surface area contributed by atoms with E-state index in [4.69, 9.17) is 9.47 Å². The summed E-state index contributed by atoms with van der Waals surface area (Å²) in [4.78, 5) is 0. The minimum Gasteiger partial charge on any atom is -0.490 e. The van der Waals surface area contributed by atoms with Gasteiger partial charge < -0.3 is 9.47 Å². The van der Waals surface area contributed by atoms with Crippen molar-refractivity contribution in [3.63, 3.8) is 0 Å². The summed E-state index contributed by atoms with van der Waals surface area (Å²) in [5.74, 6) is 1.10. The van der Waals surface area contributed by atoms with E-state index in [9.17, 15) is 4.39 Å². The van der Waals surface area contributed by atoms with Gasteiger partial charge in [-0.25, -0.2) is 4.39 Å². The fourth-order valence-corrected chi connectivity index (χ4v) is 2.77. The van der Waals surface area contributed by atoms with Gasteiger partial charge in [-0.3, -0.25) is 0 Å². The van der Waals surface area contributed by atoms with E-state index >= 15 is 0 Å². The SMILES string of the molecule is CCOc1cc(CBr)cc(Br)c1OCc1ccc(F)cc1. The second-order valence-electron chi connectivity index (χ2n) is 4.39. The van der Waals surface area contributed by atoms with Gasteiger partial charge in [0.1, 0.15) is 12.4 Å². The van der Waals surface area contributed by atoms with Crippen LogP contribution in [0, 0.1) is 5.82 Å². The Bertz CT molecular complexity index is 600. The Morgan fingerprint density at radius 1 is 1.05 bits per heavy atom. The monoisotopic (exact) mass is 416 g/mol. The summed E-state index contributed by atoms with van der Waals surface area (Å²) < 4.78 is 25.2. The molecule has 0 radical (unpaired) electrons. The van der Waals surface area contributed by atoms with Crippen LogP contribution in [-0.4, -0.2) is 6.61 Å². The van der Waals surface area contributed by atoms with Gasteiger partial charge in [-0.2, -0.15) is 0 Å². The molecular formula is C16H15Br2FO2. The van der Waals surface area contributed by atoms with Gasteiger partial charge in [-0.1, -0.05) is 28.1 Å². The third-order valence-electron chi connectivity index (χ3n) is 2.82. The van der Waals surface area contributed by atoms with Crippen molar-refractivity contribution < 1.29 is 13.9 Å². The van der Waals surface area contributed by atoms with Gasteiger partial charge >= 0.3 is 0 Å². The molecule has 0 amide bonds. The van der Waals surface area contributed by atoms with Crippen LogP contribution in [0.5, 0.6) is 11.5 Å². The van der Waals surface area contributed by atoms with Gasteiger partial charge in [0.25, 0.3) is 0 Å². The third-order valence-corrected chi connectivity index (χ3v) is 4.06. The molecule has 0 bridgehead atoms.